The van der Waals surface area contributed by atoms with Crippen LogP contribution in [0.2, 0.25) is 0 Å². The van der Waals surface area contributed by atoms with E-state index in [1.54, 1.807) is 14.2 Å². The van der Waals surface area contributed by atoms with E-state index in [4.69, 9.17) is 9.47 Å². The van der Waals surface area contributed by atoms with Gasteiger partial charge < -0.3 is 9.47 Å². The summed E-state index contributed by atoms with van der Waals surface area (Å²) in [6.07, 6.45) is 0.524. The number of Topliss-reactive ketones (excluding diaryl/α,β-unsaturated/α-hetero) is 1. The van der Waals surface area contributed by atoms with Crippen molar-refractivity contribution in [1.29, 1.82) is 0 Å². The second-order valence-corrected chi connectivity index (χ2v) is 5.38. The molecule has 1 aromatic carbocycles. The van der Waals surface area contributed by atoms with Gasteiger partial charge in [-0.05, 0) is 26.0 Å². The van der Waals surface area contributed by atoms with Crippen LogP contribution in [0, 0.1) is 13.8 Å². The van der Waals surface area contributed by atoms with Gasteiger partial charge in [-0.3, -0.25) is 9.69 Å². The first-order valence-electron chi connectivity index (χ1n) is 7.38. The molecule has 0 bridgehead atoms. The molecule has 0 amide bonds. The van der Waals surface area contributed by atoms with E-state index < -0.39 is 0 Å². The Hall–Kier alpha value is -1.23. The van der Waals surface area contributed by atoms with Gasteiger partial charge in [-0.15, -0.1) is 0 Å². The van der Waals surface area contributed by atoms with Crippen molar-refractivity contribution >= 4 is 5.78 Å². The van der Waals surface area contributed by atoms with Crippen molar-refractivity contribution in [2.75, 3.05) is 47.1 Å². The van der Waals surface area contributed by atoms with E-state index in [2.05, 4.69) is 11.0 Å². The third-order valence-electron chi connectivity index (χ3n) is 3.42. The maximum Gasteiger partial charge on any atom is 0.164 e. The van der Waals surface area contributed by atoms with E-state index in [1.807, 2.05) is 26.0 Å². The lowest BCUT2D eigenvalue weighted by atomic mass is 10.0. The van der Waals surface area contributed by atoms with E-state index in [1.165, 1.54) is 0 Å². The van der Waals surface area contributed by atoms with E-state index in [0.717, 1.165) is 36.3 Å². The first-order chi connectivity index (χ1) is 10.1. The minimum Gasteiger partial charge on any atom is -0.383 e. The van der Waals surface area contributed by atoms with E-state index in [-0.39, 0.29) is 5.78 Å². The molecule has 4 nitrogen and oxygen atoms in total. The van der Waals surface area contributed by atoms with Gasteiger partial charge in [0.05, 0.1) is 13.2 Å². The normalized spacial score (nSPS) is 11.1. The third-order valence-corrected chi connectivity index (χ3v) is 3.42. The van der Waals surface area contributed by atoms with Crippen LogP contribution in [0.1, 0.15) is 27.9 Å². The van der Waals surface area contributed by atoms with Crippen LogP contribution < -0.4 is 0 Å². The summed E-state index contributed by atoms with van der Waals surface area (Å²) < 4.78 is 10.2. The fourth-order valence-corrected chi connectivity index (χ4v) is 2.32. The Kier molecular flexibility index (Phi) is 8.20. The van der Waals surface area contributed by atoms with Crippen molar-refractivity contribution in [2.24, 2.45) is 0 Å². The van der Waals surface area contributed by atoms with Crippen molar-refractivity contribution in [2.45, 2.75) is 20.3 Å². The Morgan fingerprint density at radius 3 is 1.95 bits per heavy atom. The number of ether oxygens (including phenoxy) is 2. The lowest BCUT2D eigenvalue weighted by Gasteiger charge is -2.21. The van der Waals surface area contributed by atoms with Crippen molar-refractivity contribution in [3.63, 3.8) is 0 Å². The lowest BCUT2D eigenvalue weighted by Crippen LogP contribution is -2.32. The van der Waals surface area contributed by atoms with Crippen molar-refractivity contribution in [3.05, 3.63) is 34.9 Å². The summed E-state index contributed by atoms with van der Waals surface area (Å²) in [5.74, 6) is 0.196. The summed E-state index contributed by atoms with van der Waals surface area (Å²) >= 11 is 0. The highest BCUT2D eigenvalue weighted by Crippen LogP contribution is 2.11. The standard InChI is InChI=1S/C17H27NO3/c1-14-11-15(2)13-16(12-14)17(19)5-6-18(7-9-20-3)8-10-21-4/h11-13H,5-10H2,1-4H3. The summed E-state index contributed by atoms with van der Waals surface area (Å²) in [5, 5.41) is 0. The summed E-state index contributed by atoms with van der Waals surface area (Å²) in [7, 11) is 3.38. The number of carbonyl (C=O) groups is 1. The molecule has 0 aliphatic carbocycles. The highest BCUT2D eigenvalue weighted by atomic mass is 16.5. The van der Waals surface area contributed by atoms with Crippen LogP contribution in [0.4, 0.5) is 0 Å². The molecular weight excluding hydrogens is 266 g/mol. The average molecular weight is 293 g/mol. The zero-order valence-electron chi connectivity index (χ0n) is 13.6. The first kappa shape index (κ1) is 17.8. The largest absolute Gasteiger partial charge is 0.383 e. The van der Waals surface area contributed by atoms with Gasteiger partial charge in [0.15, 0.2) is 5.78 Å². The molecule has 1 aromatic rings. The Labute approximate surface area is 128 Å². The number of carbonyl (C=O) groups excluding carboxylic acids is 1. The van der Waals surface area contributed by atoms with Crippen LogP contribution in [0.5, 0.6) is 0 Å². The number of benzene rings is 1. The number of aryl methyl sites for hydroxylation is 2. The smallest absolute Gasteiger partial charge is 0.164 e. The molecule has 1 rings (SSSR count). The zero-order chi connectivity index (χ0) is 15.7. The van der Waals surface area contributed by atoms with E-state index >= 15 is 0 Å². The molecule has 0 saturated carbocycles. The molecule has 0 radical (unpaired) electrons. The number of rotatable bonds is 10. The van der Waals surface area contributed by atoms with E-state index in [9.17, 15) is 4.79 Å². The summed E-state index contributed by atoms with van der Waals surface area (Å²) in [6.45, 7) is 7.75. The fourth-order valence-electron chi connectivity index (χ4n) is 2.32. The van der Waals surface area contributed by atoms with Crippen LogP contribution in [0.25, 0.3) is 0 Å². The highest BCUT2D eigenvalue weighted by molar-refractivity contribution is 5.96. The molecule has 0 spiro atoms. The van der Waals surface area contributed by atoms with Crippen LogP contribution in [0.3, 0.4) is 0 Å². The average Bonchev–Trinajstić information content (AvgIpc) is 2.45. The molecule has 0 atom stereocenters. The second kappa shape index (κ2) is 9.66. The molecule has 21 heavy (non-hydrogen) atoms. The molecule has 4 heteroatoms. The predicted molar refractivity (Wildman–Crippen MR) is 85.1 cm³/mol. The lowest BCUT2D eigenvalue weighted by molar-refractivity contribution is 0.0911. The van der Waals surface area contributed by atoms with Crippen LogP contribution in [0.15, 0.2) is 18.2 Å². The summed E-state index contributed by atoms with van der Waals surface area (Å²) in [6, 6.07) is 6.01. The van der Waals surface area contributed by atoms with E-state index in [0.29, 0.717) is 19.6 Å². The Morgan fingerprint density at radius 2 is 1.48 bits per heavy atom. The van der Waals surface area contributed by atoms with Crippen LogP contribution in [-0.2, 0) is 9.47 Å². The number of ketones is 1. The maximum absolute atomic E-state index is 12.3. The van der Waals surface area contributed by atoms with Gasteiger partial charge in [0.2, 0.25) is 0 Å². The van der Waals surface area contributed by atoms with Crippen LogP contribution in [-0.4, -0.2) is 57.8 Å². The third kappa shape index (κ3) is 6.85. The van der Waals surface area contributed by atoms with Gasteiger partial charge in [0.1, 0.15) is 0 Å². The van der Waals surface area contributed by atoms with Crippen molar-refractivity contribution in [1.82, 2.24) is 4.90 Å². The minimum atomic E-state index is 0.196. The maximum atomic E-state index is 12.3. The minimum absolute atomic E-state index is 0.196. The van der Waals surface area contributed by atoms with Crippen LogP contribution >= 0.6 is 0 Å². The fraction of sp³-hybridized carbons (Fsp3) is 0.588. The molecule has 118 valence electrons. The van der Waals surface area contributed by atoms with Gasteiger partial charge in [0, 0.05) is 45.8 Å². The number of nitrogens with zero attached hydrogens (tertiary/aromatic N) is 1. The second-order valence-electron chi connectivity index (χ2n) is 5.38. The molecular formula is C17H27NO3. The Morgan fingerprint density at radius 1 is 0.952 bits per heavy atom. The van der Waals surface area contributed by atoms with Gasteiger partial charge >= 0.3 is 0 Å². The molecule has 0 aliphatic heterocycles. The van der Waals surface area contributed by atoms with Crippen molar-refractivity contribution in [3.8, 4) is 0 Å². The van der Waals surface area contributed by atoms with Gasteiger partial charge in [-0.1, -0.05) is 17.2 Å². The first-order valence-corrected chi connectivity index (χ1v) is 7.38. The SMILES string of the molecule is COCCN(CCOC)CCC(=O)c1cc(C)cc(C)c1. The van der Waals surface area contributed by atoms with Gasteiger partial charge in [-0.2, -0.15) is 0 Å². The zero-order valence-corrected chi connectivity index (χ0v) is 13.6. The number of hydrogen-bond acceptors (Lipinski definition) is 4. The van der Waals surface area contributed by atoms with Crippen molar-refractivity contribution < 1.29 is 14.3 Å². The molecule has 0 aromatic heterocycles. The molecule has 0 saturated heterocycles. The predicted octanol–water partition coefficient (Wildman–Crippen LogP) is 2.47. The quantitative estimate of drug-likeness (QED) is 0.621. The topological polar surface area (TPSA) is 38.8 Å². The van der Waals surface area contributed by atoms with Gasteiger partial charge in [0.25, 0.3) is 0 Å². The number of hydrogen-bond donors (Lipinski definition) is 0. The molecule has 0 heterocycles. The Balaban J connectivity index is 2.54. The monoisotopic (exact) mass is 293 g/mol. The Bertz CT molecular complexity index is 417. The molecule has 0 N–H and O–H groups in total. The summed E-state index contributed by atoms with van der Waals surface area (Å²) in [4.78, 5) is 14.5. The molecule has 0 unspecified atom stereocenters. The number of methoxy groups -OCH3 is 2. The highest BCUT2D eigenvalue weighted by Gasteiger charge is 2.11. The molecule has 0 fully saturated rings. The van der Waals surface area contributed by atoms with Gasteiger partial charge in [-0.25, -0.2) is 0 Å². The summed E-state index contributed by atoms with van der Waals surface area (Å²) in [5.41, 5.74) is 3.08. The molecule has 0 aliphatic rings.